The molecule has 0 saturated heterocycles. The number of hydrogen-bond acceptors (Lipinski definition) is 4. The van der Waals surface area contributed by atoms with E-state index in [2.05, 4.69) is 9.47 Å². The van der Waals surface area contributed by atoms with Gasteiger partial charge in [0.05, 0.1) is 20.6 Å². The summed E-state index contributed by atoms with van der Waals surface area (Å²) >= 11 is 0. The van der Waals surface area contributed by atoms with Gasteiger partial charge in [-0.25, -0.2) is 9.18 Å². The van der Waals surface area contributed by atoms with Crippen LogP contribution in [0.5, 0.6) is 0 Å². The van der Waals surface area contributed by atoms with Crippen molar-refractivity contribution in [1.29, 1.82) is 0 Å². The lowest BCUT2D eigenvalue weighted by Gasteiger charge is -2.04. The zero-order valence-electron chi connectivity index (χ0n) is 10.1. The maximum Gasteiger partial charge on any atom is 0.334 e. The molecule has 0 heterocycles. The van der Waals surface area contributed by atoms with Crippen LogP contribution in [0.15, 0.2) is 29.8 Å². The highest BCUT2D eigenvalue weighted by atomic mass is 19.1. The summed E-state index contributed by atoms with van der Waals surface area (Å²) in [6, 6.07) is 5.52. The van der Waals surface area contributed by atoms with E-state index < -0.39 is 11.9 Å². The topological polar surface area (TPSA) is 52.6 Å². The molecule has 0 N–H and O–H groups in total. The Morgan fingerprint density at radius 2 is 1.78 bits per heavy atom. The van der Waals surface area contributed by atoms with Crippen molar-refractivity contribution in [1.82, 2.24) is 0 Å². The van der Waals surface area contributed by atoms with Gasteiger partial charge in [-0.2, -0.15) is 0 Å². The van der Waals surface area contributed by atoms with E-state index in [4.69, 9.17) is 0 Å². The standard InChI is InChI=1S/C13H13FO4/c1-17-12(15)8-10(13(16)18-2)7-9-3-5-11(14)6-4-9/h3-7H,8H2,1-2H3/b10-7-. The second-order valence-corrected chi connectivity index (χ2v) is 3.47. The molecule has 0 radical (unpaired) electrons. The van der Waals surface area contributed by atoms with Crippen LogP contribution in [-0.2, 0) is 19.1 Å². The molecule has 4 nitrogen and oxygen atoms in total. The molecule has 18 heavy (non-hydrogen) atoms. The summed E-state index contributed by atoms with van der Waals surface area (Å²) in [7, 11) is 2.45. The summed E-state index contributed by atoms with van der Waals surface area (Å²) in [6.45, 7) is 0. The fourth-order valence-electron chi connectivity index (χ4n) is 1.30. The maximum absolute atomic E-state index is 12.7. The van der Waals surface area contributed by atoms with E-state index in [1.807, 2.05) is 0 Å². The molecule has 1 aromatic carbocycles. The van der Waals surface area contributed by atoms with Gasteiger partial charge in [0.25, 0.3) is 0 Å². The van der Waals surface area contributed by atoms with E-state index in [1.54, 1.807) is 0 Å². The van der Waals surface area contributed by atoms with Gasteiger partial charge in [0.15, 0.2) is 0 Å². The van der Waals surface area contributed by atoms with E-state index in [0.29, 0.717) is 5.56 Å². The van der Waals surface area contributed by atoms with Gasteiger partial charge in [0.2, 0.25) is 0 Å². The highest BCUT2D eigenvalue weighted by Crippen LogP contribution is 2.13. The van der Waals surface area contributed by atoms with Crippen LogP contribution in [0.4, 0.5) is 4.39 Å². The van der Waals surface area contributed by atoms with Crippen LogP contribution < -0.4 is 0 Å². The van der Waals surface area contributed by atoms with Crippen molar-refractivity contribution in [2.45, 2.75) is 6.42 Å². The first-order valence-corrected chi connectivity index (χ1v) is 5.18. The second-order valence-electron chi connectivity index (χ2n) is 3.47. The lowest BCUT2D eigenvalue weighted by Crippen LogP contribution is -2.10. The Morgan fingerprint density at radius 1 is 1.17 bits per heavy atom. The summed E-state index contributed by atoms with van der Waals surface area (Å²) in [4.78, 5) is 22.6. The van der Waals surface area contributed by atoms with Crippen molar-refractivity contribution < 1.29 is 23.5 Å². The first-order valence-electron chi connectivity index (χ1n) is 5.18. The quantitative estimate of drug-likeness (QED) is 0.607. The molecule has 0 aromatic heterocycles. The summed E-state index contributed by atoms with van der Waals surface area (Å²) in [5, 5.41) is 0. The molecule has 96 valence electrons. The zero-order valence-corrected chi connectivity index (χ0v) is 10.1. The third kappa shape index (κ3) is 4.01. The first-order chi connectivity index (χ1) is 8.56. The van der Waals surface area contributed by atoms with Crippen LogP contribution in [0.3, 0.4) is 0 Å². The number of carbonyl (C=O) groups excluding carboxylic acids is 2. The van der Waals surface area contributed by atoms with Crippen LogP contribution in [0.25, 0.3) is 6.08 Å². The first kappa shape index (κ1) is 13.9. The molecule has 0 aliphatic rings. The smallest absolute Gasteiger partial charge is 0.334 e. The third-order valence-electron chi connectivity index (χ3n) is 2.22. The van der Waals surface area contributed by atoms with Gasteiger partial charge in [-0.1, -0.05) is 12.1 Å². The number of ether oxygens (including phenoxy) is 2. The SMILES string of the molecule is COC(=O)C/C(=C/c1ccc(F)cc1)C(=O)OC. The van der Waals surface area contributed by atoms with E-state index in [-0.39, 0.29) is 17.8 Å². The summed E-state index contributed by atoms with van der Waals surface area (Å²) in [6.07, 6.45) is 1.27. The van der Waals surface area contributed by atoms with Crippen LogP contribution in [0, 0.1) is 5.82 Å². The number of benzene rings is 1. The highest BCUT2D eigenvalue weighted by Gasteiger charge is 2.14. The van der Waals surface area contributed by atoms with E-state index >= 15 is 0 Å². The van der Waals surface area contributed by atoms with Gasteiger partial charge in [-0.15, -0.1) is 0 Å². The minimum atomic E-state index is -0.621. The fraction of sp³-hybridized carbons (Fsp3) is 0.231. The molecule has 0 unspecified atom stereocenters. The van der Waals surface area contributed by atoms with Crippen molar-refractivity contribution in [2.75, 3.05) is 14.2 Å². The van der Waals surface area contributed by atoms with E-state index in [0.717, 1.165) is 0 Å². The van der Waals surface area contributed by atoms with E-state index in [1.165, 1.54) is 44.6 Å². The summed E-state index contributed by atoms with van der Waals surface area (Å²) < 4.78 is 21.8. The van der Waals surface area contributed by atoms with Gasteiger partial charge in [0.1, 0.15) is 5.82 Å². The molecular formula is C13H13FO4. The Balaban J connectivity index is 2.98. The summed E-state index contributed by atoms with van der Waals surface area (Å²) in [5.74, 6) is -1.54. The second kappa shape index (κ2) is 6.54. The molecule has 0 spiro atoms. The Labute approximate surface area is 104 Å². The average Bonchev–Trinajstić information content (AvgIpc) is 2.39. The number of halogens is 1. The normalized spacial score (nSPS) is 10.9. The third-order valence-corrected chi connectivity index (χ3v) is 2.22. The van der Waals surface area contributed by atoms with Crippen LogP contribution in [0.1, 0.15) is 12.0 Å². The van der Waals surface area contributed by atoms with Crippen molar-refractivity contribution in [2.24, 2.45) is 0 Å². The van der Waals surface area contributed by atoms with E-state index in [9.17, 15) is 14.0 Å². The molecular weight excluding hydrogens is 239 g/mol. The number of carbonyl (C=O) groups is 2. The maximum atomic E-state index is 12.7. The number of esters is 2. The van der Waals surface area contributed by atoms with Crippen LogP contribution in [-0.4, -0.2) is 26.2 Å². The largest absolute Gasteiger partial charge is 0.469 e. The predicted octanol–water partition coefficient (Wildman–Crippen LogP) is 1.95. The molecule has 5 heteroatoms. The minimum Gasteiger partial charge on any atom is -0.469 e. The zero-order chi connectivity index (χ0) is 13.5. The van der Waals surface area contributed by atoms with Gasteiger partial charge in [-0.05, 0) is 23.8 Å². The Hall–Kier alpha value is -2.17. The molecule has 0 aliphatic carbocycles. The lowest BCUT2D eigenvalue weighted by atomic mass is 10.1. The fourth-order valence-corrected chi connectivity index (χ4v) is 1.30. The molecule has 1 aromatic rings. The molecule has 0 aliphatic heterocycles. The summed E-state index contributed by atoms with van der Waals surface area (Å²) in [5.41, 5.74) is 0.747. The Kier molecular flexibility index (Phi) is 5.05. The highest BCUT2D eigenvalue weighted by molar-refractivity contribution is 5.98. The van der Waals surface area contributed by atoms with Crippen molar-refractivity contribution >= 4 is 18.0 Å². The minimum absolute atomic E-state index is 0.149. The number of rotatable bonds is 4. The lowest BCUT2D eigenvalue weighted by molar-refractivity contribution is -0.143. The van der Waals surface area contributed by atoms with Crippen LogP contribution >= 0.6 is 0 Å². The number of hydrogen-bond donors (Lipinski definition) is 0. The van der Waals surface area contributed by atoms with Crippen molar-refractivity contribution in [3.8, 4) is 0 Å². The van der Waals surface area contributed by atoms with Gasteiger partial charge in [0, 0.05) is 5.57 Å². The molecule has 0 amide bonds. The monoisotopic (exact) mass is 252 g/mol. The Bertz CT molecular complexity index is 462. The van der Waals surface area contributed by atoms with Gasteiger partial charge in [-0.3, -0.25) is 4.79 Å². The molecule has 0 fully saturated rings. The average molecular weight is 252 g/mol. The molecule has 0 saturated carbocycles. The number of methoxy groups -OCH3 is 2. The van der Waals surface area contributed by atoms with Crippen molar-refractivity contribution in [3.05, 3.63) is 41.2 Å². The molecule has 1 rings (SSSR count). The van der Waals surface area contributed by atoms with Gasteiger partial charge >= 0.3 is 11.9 Å². The molecule has 0 bridgehead atoms. The molecule has 0 atom stereocenters. The van der Waals surface area contributed by atoms with Crippen LogP contribution in [0.2, 0.25) is 0 Å². The van der Waals surface area contributed by atoms with Crippen molar-refractivity contribution in [3.63, 3.8) is 0 Å². The van der Waals surface area contributed by atoms with Gasteiger partial charge < -0.3 is 9.47 Å². The predicted molar refractivity (Wildman–Crippen MR) is 63.0 cm³/mol. The Morgan fingerprint density at radius 3 is 2.28 bits per heavy atom.